The standard InChI is InChI=1S/2C7H13BF3.2K/c2*1-6-4-2-3-5-7(6)8(9,10)11;;/h2*6-7H,2-5H2,1H3;;/q2*-1;2*+1/t2*6-,7-;;/m10../s1. The summed E-state index contributed by atoms with van der Waals surface area (Å²) in [5.74, 6) is -2.21. The van der Waals surface area contributed by atoms with Crippen molar-refractivity contribution in [2.75, 3.05) is 0 Å². The van der Waals surface area contributed by atoms with Gasteiger partial charge in [-0.15, -0.1) is 0 Å². The molecule has 2 fully saturated rings. The van der Waals surface area contributed by atoms with Gasteiger partial charge in [-0.3, -0.25) is 0 Å². The molecule has 0 bridgehead atoms. The van der Waals surface area contributed by atoms with Crippen LogP contribution in [0.25, 0.3) is 0 Å². The Kier molecular flexibility index (Phi) is 16.1. The Labute approximate surface area is 227 Å². The Balaban J connectivity index is 0. The van der Waals surface area contributed by atoms with E-state index in [1.807, 2.05) is 0 Å². The van der Waals surface area contributed by atoms with Crippen LogP contribution in [0, 0.1) is 11.8 Å². The molecule has 0 aromatic rings. The predicted molar refractivity (Wildman–Crippen MR) is 80.9 cm³/mol. The fraction of sp³-hybridized carbons (Fsp3) is 1.00. The molecule has 10 heteroatoms. The van der Waals surface area contributed by atoms with Crippen LogP contribution in [0.2, 0.25) is 11.6 Å². The molecular weight excluding hydrogens is 382 g/mol. The summed E-state index contributed by atoms with van der Waals surface area (Å²) in [4.78, 5) is 0. The number of halogens is 6. The Bertz CT molecular complexity index is 306. The van der Waals surface area contributed by atoms with Gasteiger partial charge in [0.1, 0.15) is 0 Å². The minimum atomic E-state index is -4.57. The fourth-order valence-electron chi connectivity index (χ4n) is 3.81. The number of hydrogen-bond donors (Lipinski definition) is 0. The molecule has 0 aliphatic heterocycles. The Morgan fingerprint density at radius 1 is 0.542 bits per heavy atom. The molecule has 132 valence electrons. The molecule has 0 aromatic carbocycles. The minimum Gasteiger partial charge on any atom is -0.449 e. The second kappa shape index (κ2) is 13.3. The van der Waals surface area contributed by atoms with Gasteiger partial charge in [-0.05, 0) is 0 Å². The van der Waals surface area contributed by atoms with E-state index in [9.17, 15) is 25.9 Å². The number of hydrogen-bond acceptors (Lipinski definition) is 0. The SMILES string of the molecule is C[C@@H]1CCCC[C@H]1[B-](F)(F)F.C[C@H]1CCCC[C@@H]1[B-](F)(F)F.[K+].[K+]. The molecule has 0 radical (unpaired) electrons. The molecule has 2 aliphatic rings. The van der Waals surface area contributed by atoms with Crippen molar-refractivity contribution in [2.45, 2.75) is 76.8 Å². The van der Waals surface area contributed by atoms with E-state index >= 15 is 0 Å². The Morgan fingerprint density at radius 3 is 0.958 bits per heavy atom. The maximum absolute atomic E-state index is 12.3. The maximum Gasteiger partial charge on any atom is 1.00 e. The molecule has 24 heavy (non-hydrogen) atoms. The molecule has 0 saturated heterocycles. The van der Waals surface area contributed by atoms with Gasteiger partial charge in [-0.1, -0.05) is 88.7 Å². The average Bonchev–Trinajstić information content (AvgIpc) is 2.37. The minimum absolute atomic E-state index is 0. The van der Waals surface area contributed by atoms with Crippen molar-refractivity contribution in [1.82, 2.24) is 0 Å². The molecule has 4 atom stereocenters. The Morgan fingerprint density at radius 2 is 0.792 bits per heavy atom. The van der Waals surface area contributed by atoms with Crippen LogP contribution >= 0.6 is 0 Å². The predicted octanol–water partition coefficient (Wildman–Crippen LogP) is 0.836. The van der Waals surface area contributed by atoms with Crippen molar-refractivity contribution in [3.05, 3.63) is 0 Å². The molecule has 0 N–H and O–H groups in total. The molecule has 0 spiro atoms. The summed E-state index contributed by atoms with van der Waals surface area (Å²) in [6, 6.07) is 0. The van der Waals surface area contributed by atoms with Gasteiger partial charge in [-0.2, -0.15) is 0 Å². The maximum atomic E-state index is 12.3. The average molecular weight is 408 g/mol. The van der Waals surface area contributed by atoms with Gasteiger partial charge in [0.25, 0.3) is 0 Å². The van der Waals surface area contributed by atoms with Gasteiger partial charge in [-0.25, -0.2) is 0 Å². The van der Waals surface area contributed by atoms with Crippen LogP contribution in [0.15, 0.2) is 0 Å². The third-order valence-electron chi connectivity index (χ3n) is 5.33. The molecule has 2 aliphatic carbocycles. The van der Waals surface area contributed by atoms with E-state index in [0.717, 1.165) is 38.5 Å². The van der Waals surface area contributed by atoms with E-state index in [-0.39, 0.29) is 115 Å². The molecular formula is C14H26B2F6K2. The van der Waals surface area contributed by atoms with Gasteiger partial charge in [0, 0.05) is 0 Å². The zero-order valence-corrected chi connectivity index (χ0v) is 21.6. The van der Waals surface area contributed by atoms with E-state index in [1.165, 1.54) is 0 Å². The van der Waals surface area contributed by atoms with Crippen LogP contribution in [0.5, 0.6) is 0 Å². The molecule has 2 saturated carbocycles. The van der Waals surface area contributed by atoms with Crippen LogP contribution in [-0.2, 0) is 0 Å². The van der Waals surface area contributed by atoms with Crippen LogP contribution in [0.4, 0.5) is 25.9 Å². The first kappa shape index (κ1) is 29.2. The summed E-state index contributed by atoms with van der Waals surface area (Å²) in [6.07, 6.45) is 5.72. The first-order chi connectivity index (χ1) is 10.0. The van der Waals surface area contributed by atoms with Crippen LogP contribution in [-0.4, -0.2) is 14.0 Å². The molecule has 0 aromatic heterocycles. The van der Waals surface area contributed by atoms with Gasteiger partial charge >= 0.3 is 117 Å². The van der Waals surface area contributed by atoms with E-state index < -0.39 is 25.6 Å². The van der Waals surface area contributed by atoms with Crippen LogP contribution in [0.1, 0.15) is 65.2 Å². The van der Waals surface area contributed by atoms with Gasteiger partial charge in [0.2, 0.25) is 0 Å². The van der Waals surface area contributed by atoms with Crippen molar-refractivity contribution >= 4 is 14.0 Å². The largest absolute Gasteiger partial charge is 1.00 e. The van der Waals surface area contributed by atoms with Crippen molar-refractivity contribution < 1.29 is 129 Å². The summed E-state index contributed by atoms with van der Waals surface area (Å²) < 4.78 is 73.5. The third kappa shape index (κ3) is 10.5. The van der Waals surface area contributed by atoms with Crippen LogP contribution < -0.4 is 103 Å². The zero-order valence-electron chi connectivity index (χ0n) is 15.4. The summed E-state index contributed by atoms with van der Waals surface area (Å²) in [6.45, 7) is -5.70. The van der Waals surface area contributed by atoms with E-state index in [0.29, 0.717) is 12.8 Å². The molecule has 0 amide bonds. The second-order valence-electron chi connectivity index (χ2n) is 7.10. The topological polar surface area (TPSA) is 0 Å². The van der Waals surface area contributed by atoms with Crippen molar-refractivity contribution in [3.8, 4) is 0 Å². The van der Waals surface area contributed by atoms with E-state index in [4.69, 9.17) is 0 Å². The zero-order chi connectivity index (χ0) is 17.0. The Hall–Kier alpha value is 2.98. The molecule has 0 nitrogen and oxygen atoms in total. The summed E-state index contributed by atoms with van der Waals surface area (Å²) in [7, 11) is 0. The molecule has 0 unspecified atom stereocenters. The summed E-state index contributed by atoms with van der Waals surface area (Å²) in [5, 5.41) is 0. The second-order valence-corrected chi connectivity index (χ2v) is 7.10. The van der Waals surface area contributed by atoms with Crippen LogP contribution in [0.3, 0.4) is 0 Å². The van der Waals surface area contributed by atoms with E-state index in [1.54, 1.807) is 13.8 Å². The monoisotopic (exact) mass is 408 g/mol. The molecule has 0 heterocycles. The van der Waals surface area contributed by atoms with Crippen molar-refractivity contribution in [2.24, 2.45) is 11.8 Å². The van der Waals surface area contributed by atoms with E-state index in [2.05, 4.69) is 0 Å². The first-order valence-corrected chi connectivity index (χ1v) is 8.43. The first-order valence-electron chi connectivity index (χ1n) is 8.43. The third-order valence-corrected chi connectivity index (χ3v) is 5.33. The smallest absolute Gasteiger partial charge is 0.449 e. The normalized spacial score (nSPS) is 31.0. The summed E-state index contributed by atoms with van der Waals surface area (Å²) in [5.41, 5.74) is 0. The fourth-order valence-corrected chi connectivity index (χ4v) is 3.81. The summed E-state index contributed by atoms with van der Waals surface area (Å²) >= 11 is 0. The van der Waals surface area contributed by atoms with Gasteiger partial charge in [0.05, 0.1) is 0 Å². The number of rotatable bonds is 2. The van der Waals surface area contributed by atoms with Gasteiger partial charge in [0.15, 0.2) is 0 Å². The molecule has 2 rings (SSSR count). The van der Waals surface area contributed by atoms with Crippen molar-refractivity contribution in [1.29, 1.82) is 0 Å². The van der Waals surface area contributed by atoms with Gasteiger partial charge < -0.3 is 25.9 Å². The van der Waals surface area contributed by atoms with Crippen molar-refractivity contribution in [3.63, 3.8) is 0 Å². The quantitative estimate of drug-likeness (QED) is 0.470.